The third kappa shape index (κ3) is 3.27. The molecule has 4 N–H and O–H groups in total. The van der Waals surface area contributed by atoms with Gasteiger partial charge in [-0.25, -0.2) is 9.38 Å². The molecule has 10 heteroatoms. The van der Waals surface area contributed by atoms with Crippen molar-refractivity contribution in [1.29, 1.82) is 0 Å². The standard InChI is InChI=1S/C15H16F4IN5/c16-8-6-9(15(17,18)19)11(20)10(7-8)25-13(22)23-12(21)24-14(25)4-2-1-3-5-14/h6-7H,1-5H2,(H4,21,22,23,24). The lowest BCUT2D eigenvalue weighted by Crippen LogP contribution is -2.58. The summed E-state index contributed by atoms with van der Waals surface area (Å²) in [5, 5.41) is 0. The zero-order valence-electron chi connectivity index (χ0n) is 13.1. The molecule has 0 aromatic heterocycles. The van der Waals surface area contributed by atoms with Gasteiger partial charge in [0.25, 0.3) is 0 Å². The zero-order chi connectivity index (χ0) is 18.4. The number of alkyl halides is 3. The highest BCUT2D eigenvalue weighted by Crippen LogP contribution is 2.44. The summed E-state index contributed by atoms with van der Waals surface area (Å²) in [4.78, 5) is 9.69. The van der Waals surface area contributed by atoms with Gasteiger partial charge in [0, 0.05) is 3.57 Å². The molecule has 1 aromatic carbocycles. The molecule has 136 valence electrons. The van der Waals surface area contributed by atoms with Gasteiger partial charge in [-0.3, -0.25) is 4.90 Å². The molecule has 1 saturated carbocycles. The number of halogens is 5. The Kier molecular flexibility index (Phi) is 4.58. The van der Waals surface area contributed by atoms with Crippen molar-refractivity contribution in [1.82, 2.24) is 0 Å². The Morgan fingerprint density at radius 1 is 1.12 bits per heavy atom. The number of rotatable bonds is 1. The van der Waals surface area contributed by atoms with Crippen LogP contribution in [0.5, 0.6) is 0 Å². The summed E-state index contributed by atoms with van der Waals surface area (Å²) in [7, 11) is 0. The molecular weight excluding hydrogens is 453 g/mol. The Labute approximate surface area is 155 Å². The Balaban J connectivity index is 2.20. The second-order valence-electron chi connectivity index (χ2n) is 6.10. The van der Waals surface area contributed by atoms with Crippen LogP contribution >= 0.6 is 22.6 Å². The first-order chi connectivity index (χ1) is 11.6. The molecule has 1 heterocycles. The van der Waals surface area contributed by atoms with Gasteiger partial charge in [-0.05, 0) is 60.4 Å². The molecule has 0 atom stereocenters. The fraction of sp³-hybridized carbons (Fsp3) is 0.467. The molecule has 5 nitrogen and oxygen atoms in total. The SMILES string of the molecule is NC1=NC2(CCCCC2)N(c2cc(F)cc(C(F)(F)F)c2I)C(N)=N1. The van der Waals surface area contributed by atoms with Gasteiger partial charge in [0.15, 0.2) is 0 Å². The average molecular weight is 469 g/mol. The van der Waals surface area contributed by atoms with Gasteiger partial charge < -0.3 is 11.5 Å². The normalized spacial score (nSPS) is 20.4. The van der Waals surface area contributed by atoms with Gasteiger partial charge in [0.1, 0.15) is 11.5 Å². The maximum Gasteiger partial charge on any atom is 0.417 e. The average Bonchev–Trinajstić information content (AvgIpc) is 2.49. The van der Waals surface area contributed by atoms with Crippen molar-refractivity contribution in [2.45, 2.75) is 43.9 Å². The Hall–Kier alpha value is -1.59. The minimum atomic E-state index is -4.68. The van der Waals surface area contributed by atoms with Crippen LogP contribution in [0, 0.1) is 9.39 Å². The molecule has 3 rings (SSSR count). The number of guanidine groups is 2. The predicted octanol–water partition coefficient (Wildman–Crippen LogP) is 3.56. The first kappa shape index (κ1) is 18.2. The van der Waals surface area contributed by atoms with E-state index in [9.17, 15) is 17.6 Å². The van der Waals surface area contributed by atoms with Gasteiger partial charge in [0.05, 0.1) is 11.3 Å². The van der Waals surface area contributed by atoms with E-state index in [2.05, 4.69) is 9.98 Å². The highest BCUT2D eigenvalue weighted by molar-refractivity contribution is 14.1. The molecule has 2 aliphatic rings. The number of nitrogens with two attached hydrogens (primary N) is 2. The summed E-state index contributed by atoms with van der Waals surface area (Å²) in [6.45, 7) is 0. The van der Waals surface area contributed by atoms with E-state index in [4.69, 9.17) is 11.5 Å². The highest BCUT2D eigenvalue weighted by atomic mass is 127. The van der Waals surface area contributed by atoms with Gasteiger partial charge in [-0.1, -0.05) is 6.42 Å². The maximum atomic E-state index is 14.0. The Morgan fingerprint density at radius 3 is 2.36 bits per heavy atom. The van der Waals surface area contributed by atoms with E-state index < -0.39 is 23.2 Å². The van der Waals surface area contributed by atoms with E-state index in [-0.39, 0.29) is 21.2 Å². The van der Waals surface area contributed by atoms with Gasteiger partial charge in [-0.15, -0.1) is 0 Å². The predicted molar refractivity (Wildman–Crippen MR) is 95.7 cm³/mol. The summed E-state index contributed by atoms with van der Waals surface area (Å²) in [5.41, 5.74) is 9.76. The molecule has 1 aliphatic carbocycles. The van der Waals surface area contributed by atoms with E-state index in [1.807, 2.05) is 0 Å². The van der Waals surface area contributed by atoms with Crippen molar-refractivity contribution in [3.63, 3.8) is 0 Å². The monoisotopic (exact) mass is 469 g/mol. The first-order valence-electron chi connectivity index (χ1n) is 7.70. The number of nitrogens with zero attached hydrogens (tertiary/aromatic N) is 3. The summed E-state index contributed by atoms with van der Waals surface area (Å²) in [6.07, 6.45) is -0.958. The molecule has 25 heavy (non-hydrogen) atoms. The summed E-state index contributed by atoms with van der Waals surface area (Å²) < 4.78 is 53.6. The van der Waals surface area contributed by atoms with Crippen molar-refractivity contribution in [2.24, 2.45) is 21.5 Å². The molecule has 0 bridgehead atoms. The molecule has 1 aromatic rings. The third-order valence-corrected chi connectivity index (χ3v) is 5.55. The lowest BCUT2D eigenvalue weighted by atomic mass is 9.87. The minimum absolute atomic E-state index is 0.00678. The second kappa shape index (κ2) is 6.29. The molecular formula is C15H16F4IN5. The first-order valence-corrected chi connectivity index (χ1v) is 8.78. The number of hydrogen-bond donors (Lipinski definition) is 2. The van der Waals surface area contributed by atoms with Crippen molar-refractivity contribution in [3.05, 3.63) is 27.1 Å². The van der Waals surface area contributed by atoms with Crippen molar-refractivity contribution in [3.8, 4) is 0 Å². The summed E-state index contributed by atoms with van der Waals surface area (Å²) in [6, 6.07) is 1.51. The lowest BCUT2D eigenvalue weighted by molar-refractivity contribution is -0.138. The van der Waals surface area contributed by atoms with Crippen molar-refractivity contribution in [2.75, 3.05) is 4.90 Å². The summed E-state index contributed by atoms with van der Waals surface area (Å²) in [5.74, 6) is -1.09. The van der Waals surface area contributed by atoms with Crippen molar-refractivity contribution < 1.29 is 17.6 Å². The maximum absolute atomic E-state index is 14.0. The topological polar surface area (TPSA) is 80.0 Å². The fourth-order valence-corrected chi connectivity index (χ4v) is 4.27. The van der Waals surface area contributed by atoms with E-state index in [1.54, 1.807) is 22.6 Å². The van der Waals surface area contributed by atoms with E-state index in [0.29, 0.717) is 18.9 Å². The smallest absolute Gasteiger partial charge is 0.369 e. The molecule has 0 amide bonds. The van der Waals surface area contributed by atoms with E-state index in [0.717, 1.165) is 25.3 Å². The molecule has 1 aliphatic heterocycles. The minimum Gasteiger partial charge on any atom is -0.369 e. The number of anilines is 1. The quantitative estimate of drug-likeness (QED) is 0.488. The lowest BCUT2D eigenvalue weighted by Gasteiger charge is -2.46. The van der Waals surface area contributed by atoms with Crippen LogP contribution in [0.2, 0.25) is 0 Å². The highest BCUT2D eigenvalue weighted by Gasteiger charge is 2.45. The number of hydrogen-bond acceptors (Lipinski definition) is 5. The van der Waals surface area contributed by atoms with Crippen molar-refractivity contribution >= 4 is 40.2 Å². The van der Waals surface area contributed by atoms with Crippen LogP contribution in [0.15, 0.2) is 22.1 Å². The number of benzene rings is 1. The van der Waals surface area contributed by atoms with Crippen LogP contribution in [0.4, 0.5) is 23.2 Å². The fourth-order valence-electron chi connectivity index (χ4n) is 3.41. The van der Waals surface area contributed by atoms with Gasteiger partial charge >= 0.3 is 6.18 Å². The van der Waals surface area contributed by atoms with Crippen LogP contribution in [0.25, 0.3) is 0 Å². The van der Waals surface area contributed by atoms with E-state index >= 15 is 0 Å². The Morgan fingerprint density at radius 2 is 1.76 bits per heavy atom. The van der Waals surface area contributed by atoms with Crippen LogP contribution in [-0.2, 0) is 6.18 Å². The molecule has 0 saturated heterocycles. The molecule has 0 radical (unpaired) electrons. The van der Waals surface area contributed by atoms with Crippen LogP contribution < -0.4 is 16.4 Å². The van der Waals surface area contributed by atoms with E-state index in [1.165, 1.54) is 4.90 Å². The molecule has 0 unspecified atom stereocenters. The van der Waals surface area contributed by atoms with Gasteiger partial charge in [-0.2, -0.15) is 18.2 Å². The van der Waals surface area contributed by atoms with Crippen LogP contribution in [0.1, 0.15) is 37.7 Å². The second-order valence-corrected chi connectivity index (χ2v) is 7.18. The Bertz CT molecular complexity index is 753. The van der Waals surface area contributed by atoms with Crippen LogP contribution in [0.3, 0.4) is 0 Å². The largest absolute Gasteiger partial charge is 0.417 e. The molecule has 1 spiro atoms. The van der Waals surface area contributed by atoms with Gasteiger partial charge in [0.2, 0.25) is 11.9 Å². The third-order valence-electron chi connectivity index (χ3n) is 4.42. The summed E-state index contributed by atoms with van der Waals surface area (Å²) >= 11 is 1.56. The zero-order valence-corrected chi connectivity index (χ0v) is 15.2. The molecule has 1 fully saturated rings. The number of aliphatic imine (C=N–C) groups is 2. The van der Waals surface area contributed by atoms with Crippen LogP contribution in [-0.4, -0.2) is 17.6 Å².